The number of carbonyl (C=O) groups is 1. The Labute approximate surface area is 141 Å². The highest BCUT2D eigenvalue weighted by Crippen LogP contribution is 2.23. The van der Waals surface area contributed by atoms with Crippen molar-refractivity contribution in [1.29, 1.82) is 0 Å². The summed E-state index contributed by atoms with van der Waals surface area (Å²) >= 11 is 0. The molecule has 24 heavy (non-hydrogen) atoms. The number of nitrogens with one attached hydrogen (secondary N) is 1. The van der Waals surface area contributed by atoms with Crippen LogP contribution in [0.15, 0.2) is 24.3 Å². The van der Waals surface area contributed by atoms with Crippen LogP contribution in [0.4, 0.5) is 11.4 Å². The number of piperazine rings is 1. The maximum absolute atomic E-state index is 12.5. The summed E-state index contributed by atoms with van der Waals surface area (Å²) < 4.78 is 0. The molecule has 0 bridgehead atoms. The molecule has 0 atom stereocenters. The van der Waals surface area contributed by atoms with E-state index >= 15 is 0 Å². The van der Waals surface area contributed by atoms with E-state index in [2.05, 4.69) is 10.2 Å². The summed E-state index contributed by atoms with van der Waals surface area (Å²) in [7, 11) is 0. The smallest absolute Gasteiger partial charge is 0.271 e. The number of hydrogen-bond acceptors (Lipinski definition) is 5. The second-order valence-electron chi connectivity index (χ2n) is 6.54. The summed E-state index contributed by atoms with van der Waals surface area (Å²) in [6.45, 7) is 4.84. The molecule has 1 aromatic rings. The fourth-order valence-electron chi connectivity index (χ4n) is 3.48. The standard InChI is InChI=1S/C17H24N4O3/c22-17(12-14-4-6-18-7-5-14)20-10-8-19(9-11-20)15-2-1-3-16(13-15)21(23)24/h1-3,13-14,18H,4-12H2. The Hall–Kier alpha value is -2.15. The number of nitrogens with zero attached hydrogens (tertiary/aromatic N) is 3. The Morgan fingerprint density at radius 1 is 1.21 bits per heavy atom. The molecule has 0 saturated carbocycles. The molecule has 2 aliphatic heterocycles. The molecule has 2 fully saturated rings. The molecule has 7 heteroatoms. The highest BCUT2D eigenvalue weighted by atomic mass is 16.6. The number of nitro benzene ring substituents is 1. The zero-order valence-corrected chi connectivity index (χ0v) is 13.8. The summed E-state index contributed by atoms with van der Waals surface area (Å²) in [6.07, 6.45) is 2.82. The second-order valence-corrected chi connectivity index (χ2v) is 6.54. The first kappa shape index (κ1) is 16.7. The predicted molar refractivity (Wildman–Crippen MR) is 92.1 cm³/mol. The molecule has 1 amide bonds. The van der Waals surface area contributed by atoms with Crippen LogP contribution in [0.5, 0.6) is 0 Å². The van der Waals surface area contributed by atoms with Crippen LogP contribution in [-0.2, 0) is 4.79 Å². The van der Waals surface area contributed by atoms with Gasteiger partial charge >= 0.3 is 0 Å². The van der Waals surface area contributed by atoms with Gasteiger partial charge in [-0.3, -0.25) is 14.9 Å². The van der Waals surface area contributed by atoms with Crippen molar-refractivity contribution >= 4 is 17.3 Å². The van der Waals surface area contributed by atoms with Crippen molar-refractivity contribution in [2.24, 2.45) is 5.92 Å². The Morgan fingerprint density at radius 2 is 1.92 bits per heavy atom. The van der Waals surface area contributed by atoms with Gasteiger partial charge in [-0.25, -0.2) is 0 Å². The van der Waals surface area contributed by atoms with E-state index < -0.39 is 0 Å². The number of hydrogen-bond donors (Lipinski definition) is 1. The summed E-state index contributed by atoms with van der Waals surface area (Å²) in [5.41, 5.74) is 0.964. The Morgan fingerprint density at radius 3 is 2.58 bits per heavy atom. The van der Waals surface area contributed by atoms with E-state index in [9.17, 15) is 14.9 Å². The van der Waals surface area contributed by atoms with Crippen LogP contribution in [0.3, 0.4) is 0 Å². The highest BCUT2D eigenvalue weighted by Gasteiger charge is 2.25. The SMILES string of the molecule is O=C(CC1CCNCC1)N1CCN(c2cccc([N+](=O)[O-])c2)CC1. The maximum Gasteiger partial charge on any atom is 0.271 e. The van der Waals surface area contributed by atoms with Gasteiger partial charge in [-0.2, -0.15) is 0 Å². The lowest BCUT2D eigenvalue weighted by Gasteiger charge is -2.37. The lowest BCUT2D eigenvalue weighted by molar-refractivity contribution is -0.384. The van der Waals surface area contributed by atoms with E-state index in [1.807, 2.05) is 11.0 Å². The van der Waals surface area contributed by atoms with Gasteiger partial charge in [0.25, 0.3) is 5.69 Å². The van der Waals surface area contributed by atoms with Crippen LogP contribution in [0, 0.1) is 16.0 Å². The third kappa shape index (κ3) is 4.03. The van der Waals surface area contributed by atoms with Crippen LogP contribution in [0.1, 0.15) is 19.3 Å². The van der Waals surface area contributed by atoms with Gasteiger partial charge in [-0.05, 0) is 37.9 Å². The van der Waals surface area contributed by atoms with Gasteiger partial charge < -0.3 is 15.1 Å². The van der Waals surface area contributed by atoms with E-state index in [1.165, 1.54) is 6.07 Å². The first-order valence-corrected chi connectivity index (χ1v) is 8.61. The van der Waals surface area contributed by atoms with Crippen LogP contribution in [0.25, 0.3) is 0 Å². The van der Waals surface area contributed by atoms with Gasteiger partial charge in [0.1, 0.15) is 0 Å². The Balaban J connectivity index is 1.52. The molecule has 0 unspecified atom stereocenters. The van der Waals surface area contributed by atoms with Gasteiger partial charge in [0.2, 0.25) is 5.91 Å². The van der Waals surface area contributed by atoms with Crippen molar-refractivity contribution in [2.45, 2.75) is 19.3 Å². The molecule has 1 N–H and O–H groups in total. The quantitative estimate of drug-likeness (QED) is 0.670. The maximum atomic E-state index is 12.5. The zero-order valence-electron chi connectivity index (χ0n) is 13.8. The normalized spacial score (nSPS) is 19.3. The first-order valence-electron chi connectivity index (χ1n) is 8.61. The van der Waals surface area contributed by atoms with Gasteiger partial charge in [-0.15, -0.1) is 0 Å². The van der Waals surface area contributed by atoms with E-state index in [0.29, 0.717) is 25.4 Å². The summed E-state index contributed by atoms with van der Waals surface area (Å²) in [4.78, 5) is 27.0. The number of non-ortho nitro benzene ring substituents is 1. The van der Waals surface area contributed by atoms with Crippen molar-refractivity contribution in [2.75, 3.05) is 44.2 Å². The molecule has 2 aliphatic rings. The average molecular weight is 332 g/mol. The number of benzene rings is 1. The predicted octanol–water partition coefficient (Wildman–Crippen LogP) is 1.63. The number of rotatable bonds is 4. The summed E-state index contributed by atoms with van der Waals surface area (Å²) in [6, 6.07) is 6.70. The molecule has 0 aliphatic carbocycles. The van der Waals surface area contributed by atoms with Crippen molar-refractivity contribution in [3.8, 4) is 0 Å². The molecule has 0 aromatic heterocycles. The van der Waals surface area contributed by atoms with E-state index in [-0.39, 0.29) is 16.5 Å². The lowest BCUT2D eigenvalue weighted by Crippen LogP contribution is -2.49. The molecule has 1 aromatic carbocycles. The third-order valence-electron chi connectivity index (χ3n) is 4.96. The monoisotopic (exact) mass is 332 g/mol. The van der Waals surface area contributed by atoms with Crippen LogP contribution in [-0.4, -0.2) is 55.0 Å². The third-order valence-corrected chi connectivity index (χ3v) is 4.96. The lowest BCUT2D eigenvalue weighted by atomic mass is 9.94. The Kier molecular flexibility index (Phi) is 5.30. The molecule has 2 saturated heterocycles. The molecular formula is C17H24N4O3. The molecular weight excluding hydrogens is 308 g/mol. The van der Waals surface area contributed by atoms with Gasteiger partial charge in [0.05, 0.1) is 4.92 Å². The van der Waals surface area contributed by atoms with E-state index in [1.54, 1.807) is 12.1 Å². The summed E-state index contributed by atoms with van der Waals surface area (Å²) in [5, 5.41) is 14.2. The molecule has 3 rings (SSSR count). The van der Waals surface area contributed by atoms with Crippen molar-refractivity contribution in [3.63, 3.8) is 0 Å². The van der Waals surface area contributed by atoms with Crippen molar-refractivity contribution < 1.29 is 9.72 Å². The molecule has 2 heterocycles. The topological polar surface area (TPSA) is 78.7 Å². The van der Waals surface area contributed by atoms with E-state index in [0.717, 1.165) is 44.7 Å². The van der Waals surface area contributed by atoms with Crippen molar-refractivity contribution in [1.82, 2.24) is 10.2 Å². The largest absolute Gasteiger partial charge is 0.368 e. The van der Waals surface area contributed by atoms with Crippen LogP contribution in [0.2, 0.25) is 0 Å². The minimum atomic E-state index is -0.373. The van der Waals surface area contributed by atoms with Crippen LogP contribution < -0.4 is 10.2 Å². The van der Waals surface area contributed by atoms with E-state index in [4.69, 9.17) is 0 Å². The number of anilines is 1. The molecule has 0 radical (unpaired) electrons. The minimum Gasteiger partial charge on any atom is -0.368 e. The van der Waals surface area contributed by atoms with Crippen LogP contribution >= 0.6 is 0 Å². The van der Waals surface area contributed by atoms with Gasteiger partial charge in [0, 0.05) is 50.4 Å². The fraction of sp³-hybridized carbons (Fsp3) is 0.588. The number of carbonyl (C=O) groups excluding carboxylic acids is 1. The average Bonchev–Trinajstić information content (AvgIpc) is 2.63. The highest BCUT2D eigenvalue weighted by molar-refractivity contribution is 5.76. The zero-order chi connectivity index (χ0) is 16.9. The fourth-order valence-corrected chi connectivity index (χ4v) is 3.48. The van der Waals surface area contributed by atoms with Gasteiger partial charge in [0.15, 0.2) is 0 Å². The summed E-state index contributed by atoms with van der Waals surface area (Å²) in [5.74, 6) is 0.758. The first-order chi connectivity index (χ1) is 11.6. The minimum absolute atomic E-state index is 0.108. The molecule has 130 valence electrons. The molecule has 7 nitrogen and oxygen atoms in total. The number of amides is 1. The number of piperidine rings is 1. The number of nitro groups is 1. The second kappa shape index (κ2) is 7.61. The van der Waals surface area contributed by atoms with Crippen molar-refractivity contribution in [3.05, 3.63) is 34.4 Å². The Bertz CT molecular complexity index is 593. The van der Waals surface area contributed by atoms with Gasteiger partial charge in [-0.1, -0.05) is 6.07 Å². The molecule has 0 spiro atoms.